The fourth-order valence-corrected chi connectivity index (χ4v) is 2.15. The second kappa shape index (κ2) is 6.38. The number of hydrogen-bond acceptors (Lipinski definition) is 4. The van der Waals surface area contributed by atoms with Gasteiger partial charge in [-0.15, -0.1) is 0 Å². The van der Waals surface area contributed by atoms with Crippen molar-refractivity contribution in [3.05, 3.63) is 12.4 Å². The molecule has 1 saturated heterocycles. The van der Waals surface area contributed by atoms with Gasteiger partial charge in [-0.3, -0.25) is 9.48 Å². The van der Waals surface area contributed by atoms with Gasteiger partial charge in [0.05, 0.1) is 18.0 Å². The highest BCUT2D eigenvalue weighted by Crippen LogP contribution is 2.14. The van der Waals surface area contributed by atoms with Gasteiger partial charge in [-0.2, -0.15) is 5.10 Å². The molecule has 0 atom stereocenters. The first-order valence-electron chi connectivity index (χ1n) is 6.41. The maximum atomic E-state index is 12.0. The van der Waals surface area contributed by atoms with Crippen molar-refractivity contribution < 1.29 is 19.4 Å². The predicted octanol–water partition coefficient (Wildman–Crippen LogP) is 0.610. The number of nitrogens with zero attached hydrogens (tertiary/aromatic N) is 3. The third-order valence-electron chi connectivity index (χ3n) is 3.24. The molecule has 8 heteroatoms. The number of nitrogens with one attached hydrogen (secondary N) is 1. The quantitative estimate of drug-likeness (QED) is 0.843. The van der Waals surface area contributed by atoms with Gasteiger partial charge in [0.2, 0.25) is 0 Å². The number of aromatic nitrogens is 2. The van der Waals surface area contributed by atoms with Crippen LogP contribution in [0.3, 0.4) is 0 Å². The number of likely N-dealkylation sites (tertiary alicyclic amines) is 1. The van der Waals surface area contributed by atoms with Gasteiger partial charge >= 0.3 is 12.0 Å². The van der Waals surface area contributed by atoms with Gasteiger partial charge in [0.15, 0.2) is 0 Å². The first kappa shape index (κ1) is 14.3. The van der Waals surface area contributed by atoms with Crippen molar-refractivity contribution in [2.75, 3.05) is 25.5 Å². The van der Waals surface area contributed by atoms with Crippen LogP contribution in [-0.2, 0) is 16.1 Å². The first-order valence-corrected chi connectivity index (χ1v) is 6.41. The molecule has 20 heavy (non-hydrogen) atoms. The van der Waals surface area contributed by atoms with Gasteiger partial charge in [0.25, 0.3) is 0 Å². The largest absolute Gasteiger partial charge is 0.480 e. The third kappa shape index (κ3) is 3.70. The van der Waals surface area contributed by atoms with Gasteiger partial charge in [-0.05, 0) is 12.8 Å². The van der Waals surface area contributed by atoms with Crippen LogP contribution in [0, 0.1) is 0 Å². The Balaban J connectivity index is 1.85. The van der Waals surface area contributed by atoms with Crippen molar-refractivity contribution in [3.63, 3.8) is 0 Å². The molecule has 0 aromatic carbocycles. The molecule has 0 radical (unpaired) electrons. The van der Waals surface area contributed by atoms with E-state index in [1.165, 1.54) is 17.1 Å². The number of hydrogen-bond donors (Lipinski definition) is 2. The first-order chi connectivity index (χ1) is 9.58. The fourth-order valence-electron chi connectivity index (χ4n) is 2.15. The molecule has 0 aliphatic carbocycles. The zero-order valence-electron chi connectivity index (χ0n) is 11.3. The minimum atomic E-state index is -0.979. The van der Waals surface area contributed by atoms with Crippen LogP contribution in [0.1, 0.15) is 12.8 Å². The lowest BCUT2D eigenvalue weighted by Gasteiger charge is -2.31. The van der Waals surface area contributed by atoms with E-state index in [0.717, 1.165) is 12.8 Å². The average molecular weight is 282 g/mol. The van der Waals surface area contributed by atoms with Gasteiger partial charge in [-0.25, -0.2) is 4.79 Å². The zero-order chi connectivity index (χ0) is 14.5. The molecular weight excluding hydrogens is 264 g/mol. The fraction of sp³-hybridized carbons (Fsp3) is 0.583. The lowest BCUT2D eigenvalue weighted by molar-refractivity contribution is -0.137. The van der Waals surface area contributed by atoms with Gasteiger partial charge in [0, 0.05) is 26.4 Å². The minimum Gasteiger partial charge on any atom is -0.480 e. The Morgan fingerprint density at radius 2 is 2.20 bits per heavy atom. The monoisotopic (exact) mass is 282 g/mol. The molecule has 1 aliphatic heterocycles. The van der Waals surface area contributed by atoms with Gasteiger partial charge < -0.3 is 20.1 Å². The smallest absolute Gasteiger partial charge is 0.325 e. The molecule has 1 fully saturated rings. The molecule has 2 rings (SSSR count). The number of anilines is 1. The summed E-state index contributed by atoms with van der Waals surface area (Å²) in [4.78, 5) is 24.3. The molecule has 2 heterocycles. The zero-order valence-corrected chi connectivity index (χ0v) is 11.3. The number of carboxylic acids is 1. The lowest BCUT2D eigenvalue weighted by Crippen LogP contribution is -2.42. The molecule has 110 valence electrons. The van der Waals surface area contributed by atoms with E-state index >= 15 is 0 Å². The van der Waals surface area contributed by atoms with Crippen LogP contribution in [0.5, 0.6) is 0 Å². The van der Waals surface area contributed by atoms with Crippen LogP contribution in [0.25, 0.3) is 0 Å². The van der Waals surface area contributed by atoms with Gasteiger partial charge in [-0.1, -0.05) is 0 Å². The average Bonchev–Trinajstić information content (AvgIpc) is 2.85. The standard InChI is InChI=1S/C12H18N4O4/c1-20-10-2-4-15(5-3-10)12(19)14-9-6-13-16(7-9)8-11(17)18/h6-7,10H,2-5,8H2,1H3,(H,14,19)(H,17,18). The molecule has 1 aliphatic rings. The number of rotatable bonds is 4. The van der Waals surface area contributed by atoms with E-state index < -0.39 is 5.97 Å². The topological polar surface area (TPSA) is 96.7 Å². The molecule has 1 aromatic rings. The molecule has 2 N–H and O–H groups in total. The van der Waals surface area contributed by atoms with E-state index in [4.69, 9.17) is 9.84 Å². The number of urea groups is 1. The van der Waals surface area contributed by atoms with Crippen LogP contribution in [-0.4, -0.2) is 58.1 Å². The van der Waals surface area contributed by atoms with E-state index in [1.54, 1.807) is 12.0 Å². The summed E-state index contributed by atoms with van der Waals surface area (Å²) in [5, 5.41) is 15.2. The molecule has 1 aromatic heterocycles. The maximum absolute atomic E-state index is 12.0. The van der Waals surface area contributed by atoms with Crippen LogP contribution in [0.15, 0.2) is 12.4 Å². The highest BCUT2D eigenvalue weighted by Gasteiger charge is 2.22. The molecular formula is C12H18N4O4. The predicted molar refractivity (Wildman–Crippen MR) is 70.5 cm³/mol. The number of ether oxygens (including phenoxy) is 1. The summed E-state index contributed by atoms with van der Waals surface area (Å²) in [6.45, 7) is 1.07. The summed E-state index contributed by atoms with van der Waals surface area (Å²) in [6, 6.07) is -0.200. The second-order valence-electron chi connectivity index (χ2n) is 4.67. The number of carboxylic acid groups (broad SMARTS) is 1. The van der Waals surface area contributed by atoms with Crippen LogP contribution in [0.2, 0.25) is 0 Å². The van der Waals surface area contributed by atoms with Crippen molar-refractivity contribution in [1.82, 2.24) is 14.7 Å². The molecule has 0 unspecified atom stereocenters. The molecule has 0 bridgehead atoms. The number of piperidine rings is 1. The number of amides is 2. The number of aliphatic carboxylic acids is 1. The molecule has 0 saturated carbocycles. The Morgan fingerprint density at radius 3 is 2.80 bits per heavy atom. The van der Waals surface area contributed by atoms with E-state index in [9.17, 15) is 9.59 Å². The van der Waals surface area contributed by atoms with Crippen molar-refractivity contribution in [2.24, 2.45) is 0 Å². The summed E-state index contributed by atoms with van der Waals surface area (Å²) in [6.07, 6.45) is 4.79. The Kier molecular flexibility index (Phi) is 4.57. The SMILES string of the molecule is COC1CCN(C(=O)Nc2cnn(CC(=O)O)c2)CC1. The van der Waals surface area contributed by atoms with Crippen molar-refractivity contribution >= 4 is 17.7 Å². The Bertz CT molecular complexity index is 480. The van der Waals surface area contributed by atoms with Crippen molar-refractivity contribution in [1.29, 1.82) is 0 Å². The van der Waals surface area contributed by atoms with Crippen molar-refractivity contribution in [2.45, 2.75) is 25.5 Å². The Morgan fingerprint density at radius 1 is 1.50 bits per heavy atom. The van der Waals surface area contributed by atoms with E-state index in [0.29, 0.717) is 18.8 Å². The van der Waals surface area contributed by atoms with Crippen LogP contribution in [0.4, 0.5) is 10.5 Å². The van der Waals surface area contributed by atoms with E-state index in [-0.39, 0.29) is 18.7 Å². The summed E-state index contributed by atoms with van der Waals surface area (Å²) in [5.41, 5.74) is 0.491. The summed E-state index contributed by atoms with van der Waals surface area (Å²) in [7, 11) is 1.68. The number of carbonyl (C=O) groups excluding carboxylic acids is 1. The van der Waals surface area contributed by atoms with Crippen LogP contribution >= 0.6 is 0 Å². The molecule has 0 spiro atoms. The number of carbonyl (C=O) groups is 2. The molecule has 8 nitrogen and oxygen atoms in total. The lowest BCUT2D eigenvalue weighted by atomic mass is 10.1. The maximum Gasteiger partial charge on any atom is 0.325 e. The number of methoxy groups -OCH3 is 1. The minimum absolute atomic E-state index is 0.200. The van der Waals surface area contributed by atoms with Gasteiger partial charge in [0.1, 0.15) is 6.54 Å². The van der Waals surface area contributed by atoms with Crippen molar-refractivity contribution in [3.8, 4) is 0 Å². The highest BCUT2D eigenvalue weighted by atomic mass is 16.5. The van der Waals surface area contributed by atoms with E-state index in [1.807, 2.05) is 0 Å². The molecule has 2 amide bonds. The van der Waals surface area contributed by atoms with Crippen LogP contribution < -0.4 is 5.32 Å². The summed E-state index contributed by atoms with van der Waals surface area (Å²) in [5.74, 6) is -0.979. The Hall–Kier alpha value is -2.09. The second-order valence-corrected chi connectivity index (χ2v) is 4.67. The summed E-state index contributed by atoms with van der Waals surface area (Å²) >= 11 is 0. The Labute approximate surface area is 116 Å². The summed E-state index contributed by atoms with van der Waals surface area (Å²) < 4.78 is 6.51. The third-order valence-corrected chi connectivity index (χ3v) is 3.24. The van der Waals surface area contributed by atoms with E-state index in [2.05, 4.69) is 10.4 Å². The normalized spacial score (nSPS) is 16.1. The highest BCUT2D eigenvalue weighted by molar-refractivity contribution is 5.89.